The van der Waals surface area contributed by atoms with E-state index in [-0.39, 0.29) is 5.75 Å². The van der Waals surface area contributed by atoms with E-state index in [1.54, 1.807) is 0 Å². The molecule has 0 saturated heterocycles. The van der Waals surface area contributed by atoms with Crippen molar-refractivity contribution in [2.24, 2.45) is 0 Å². The zero-order valence-electron chi connectivity index (χ0n) is 8.63. The fourth-order valence-corrected chi connectivity index (χ4v) is 1.89. The summed E-state index contributed by atoms with van der Waals surface area (Å²) in [6, 6.07) is 7.28. The van der Waals surface area contributed by atoms with Gasteiger partial charge in [-0.1, -0.05) is 6.07 Å². The number of nitro groups is 1. The molecule has 0 aliphatic rings. The molecule has 1 heterocycles. The van der Waals surface area contributed by atoms with Crippen LogP contribution in [0.2, 0.25) is 0 Å². The molecule has 0 N–H and O–H groups in total. The van der Waals surface area contributed by atoms with Crippen molar-refractivity contribution in [1.29, 1.82) is 0 Å². The highest BCUT2D eigenvalue weighted by Crippen LogP contribution is 2.23. The summed E-state index contributed by atoms with van der Waals surface area (Å²) in [5, 5.41) is 12.3. The van der Waals surface area contributed by atoms with Gasteiger partial charge in [0.2, 0.25) is 5.82 Å². The van der Waals surface area contributed by atoms with Gasteiger partial charge in [-0.15, -0.1) is 11.3 Å². The van der Waals surface area contributed by atoms with E-state index in [0.29, 0.717) is 6.61 Å². The molecule has 0 spiro atoms. The Kier molecular flexibility index (Phi) is 3.34. The topological polar surface area (TPSA) is 52.4 Å². The molecule has 1 aromatic carbocycles. The maximum Gasteiger partial charge on any atom is 0.305 e. The van der Waals surface area contributed by atoms with E-state index >= 15 is 0 Å². The molecule has 4 nitrogen and oxygen atoms in total. The van der Waals surface area contributed by atoms with Gasteiger partial charge in [-0.05, 0) is 17.5 Å². The molecule has 6 heteroatoms. The van der Waals surface area contributed by atoms with E-state index in [4.69, 9.17) is 4.74 Å². The monoisotopic (exact) mass is 253 g/mol. The second-order valence-electron chi connectivity index (χ2n) is 3.24. The van der Waals surface area contributed by atoms with Crippen LogP contribution in [0.25, 0.3) is 0 Å². The first-order valence-electron chi connectivity index (χ1n) is 4.76. The maximum absolute atomic E-state index is 13.2. The van der Waals surface area contributed by atoms with E-state index in [1.807, 2.05) is 17.5 Å². The number of nitro benzene ring substituents is 1. The third kappa shape index (κ3) is 2.79. The van der Waals surface area contributed by atoms with Crippen molar-refractivity contribution in [3.05, 3.63) is 56.5 Å². The predicted octanol–water partition coefficient (Wildman–Crippen LogP) is 3.37. The Morgan fingerprint density at radius 1 is 1.41 bits per heavy atom. The number of rotatable bonds is 4. The molecule has 0 atom stereocenters. The van der Waals surface area contributed by atoms with Crippen molar-refractivity contribution in [2.75, 3.05) is 0 Å². The lowest BCUT2D eigenvalue weighted by atomic mass is 10.3. The summed E-state index contributed by atoms with van der Waals surface area (Å²) in [4.78, 5) is 10.6. The van der Waals surface area contributed by atoms with Gasteiger partial charge in [-0.2, -0.15) is 4.39 Å². The summed E-state index contributed by atoms with van der Waals surface area (Å²) in [7, 11) is 0. The number of halogens is 1. The van der Waals surface area contributed by atoms with Gasteiger partial charge in [-0.3, -0.25) is 10.1 Å². The van der Waals surface area contributed by atoms with Gasteiger partial charge in [0.1, 0.15) is 12.4 Å². The molecule has 0 aliphatic heterocycles. The zero-order valence-corrected chi connectivity index (χ0v) is 9.45. The number of ether oxygens (including phenoxy) is 1. The molecular formula is C11H8FNO3S. The molecule has 0 saturated carbocycles. The summed E-state index contributed by atoms with van der Waals surface area (Å²) in [6.07, 6.45) is 0. The van der Waals surface area contributed by atoms with E-state index in [9.17, 15) is 14.5 Å². The molecule has 2 aromatic rings. The van der Waals surface area contributed by atoms with Crippen LogP contribution in [0.4, 0.5) is 10.1 Å². The second-order valence-corrected chi connectivity index (χ2v) is 4.27. The molecule has 1 aromatic heterocycles. The summed E-state index contributed by atoms with van der Waals surface area (Å²) >= 11 is 1.53. The van der Waals surface area contributed by atoms with Crippen LogP contribution in [-0.2, 0) is 6.61 Å². The van der Waals surface area contributed by atoms with Crippen LogP contribution in [0.15, 0.2) is 35.7 Å². The molecule has 0 fully saturated rings. The highest BCUT2D eigenvalue weighted by Gasteiger charge is 2.14. The smallest absolute Gasteiger partial charge is 0.305 e. The van der Waals surface area contributed by atoms with Gasteiger partial charge in [0.25, 0.3) is 0 Å². The third-order valence-corrected chi connectivity index (χ3v) is 2.93. The van der Waals surface area contributed by atoms with Crippen LogP contribution in [0.1, 0.15) is 4.88 Å². The van der Waals surface area contributed by atoms with Crippen LogP contribution in [-0.4, -0.2) is 4.92 Å². The van der Waals surface area contributed by atoms with E-state index in [1.165, 1.54) is 17.4 Å². The van der Waals surface area contributed by atoms with Crippen molar-refractivity contribution < 1.29 is 14.1 Å². The fourth-order valence-electron chi connectivity index (χ4n) is 1.27. The van der Waals surface area contributed by atoms with Crippen LogP contribution in [0.5, 0.6) is 5.75 Å². The number of hydrogen-bond acceptors (Lipinski definition) is 4. The molecule has 0 bridgehead atoms. The largest absolute Gasteiger partial charge is 0.488 e. The summed E-state index contributed by atoms with van der Waals surface area (Å²) < 4.78 is 18.6. The Hall–Kier alpha value is -1.95. The third-order valence-electron chi connectivity index (χ3n) is 2.08. The lowest BCUT2D eigenvalue weighted by Crippen LogP contribution is -1.96. The normalized spacial score (nSPS) is 10.2. The highest BCUT2D eigenvalue weighted by atomic mass is 32.1. The van der Waals surface area contributed by atoms with Crippen LogP contribution < -0.4 is 4.74 Å². The summed E-state index contributed by atoms with van der Waals surface area (Å²) in [5.74, 6) is -0.611. The first-order valence-corrected chi connectivity index (χ1v) is 5.64. The molecule has 0 amide bonds. The Labute approximate surface area is 100 Å². The van der Waals surface area contributed by atoms with E-state index in [0.717, 1.165) is 17.0 Å². The minimum Gasteiger partial charge on any atom is -0.488 e. The molecule has 0 aliphatic carbocycles. The Morgan fingerprint density at radius 3 is 2.82 bits per heavy atom. The van der Waals surface area contributed by atoms with Gasteiger partial charge >= 0.3 is 5.69 Å². The van der Waals surface area contributed by atoms with Crippen LogP contribution in [0.3, 0.4) is 0 Å². The second kappa shape index (κ2) is 4.92. The SMILES string of the molecule is O=[N+]([O-])c1ccc(OCc2cccs2)cc1F. The minimum atomic E-state index is -0.890. The predicted molar refractivity (Wildman–Crippen MR) is 61.7 cm³/mol. The van der Waals surface area contributed by atoms with Gasteiger partial charge in [0.15, 0.2) is 0 Å². The Bertz CT molecular complexity index is 528. The molecular weight excluding hydrogens is 245 g/mol. The van der Waals surface area contributed by atoms with Gasteiger partial charge in [0, 0.05) is 17.0 Å². The number of nitrogens with zero attached hydrogens (tertiary/aromatic N) is 1. The number of thiophene rings is 1. The lowest BCUT2D eigenvalue weighted by molar-refractivity contribution is -0.387. The van der Waals surface area contributed by atoms with Gasteiger partial charge < -0.3 is 4.74 Å². The van der Waals surface area contributed by atoms with Crippen LogP contribution >= 0.6 is 11.3 Å². The van der Waals surface area contributed by atoms with Gasteiger partial charge in [0.05, 0.1) is 4.92 Å². The first-order chi connectivity index (χ1) is 8.16. The molecule has 0 unspecified atom stereocenters. The van der Waals surface area contributed by atoms with Crippen molar-refractivity contribution in [1.82, 2.24) is 0 Å². The summed E-state index contributed by atoms with van der Waals surface area (Å²) in [6.45, 7) is 0.328. The number of hydrogen-bond donors (Lipinski definition) is 0. The Morgan fingerprint density at radius 2 is 2.24 bits per heavy atom. The molecule has 88 valence electrons. The van der Waals surface area contributed by atoms with E-state index < -0.39 is 16.4 Å². The lowest BCUT2D eigenvalue weighted by Gasteiger charge is -2.04. The quantitative estimate of drug-likeness (QED) is 0.620. The number of benzene rings is 1. The average molecular weight is 253 g/mol. The highest BCUT2D eigenvalue weighted by molar-refractivity contribution is 7.09. The van der Waals surface area contributed by atoms with E-state index in [2.05, 4.69) is 0 Å². The maximum atomic E-state index is 13.2. The molecule has 2 rings (SSSR count). The van der Waals surface area contributed by atoms with Crippen molar-refractivity contribution in [2.45, 2.75) is 6.61 Å². The first kappa shape index (κ1) is 11.5. The minimum absolute atomic E-state index is 0.279. The summed E-state index contributed by atoms with van der Waals surface area (Å²) in [5.41, 5.74) is -0.548. The standard InChI is InChI=1S/C11H8FNO3S/c12-10-6-8(3-4-11(10)13(14)15)16-7-9-2-1-5-17-9/h1-6H,7H2. The van der Waals surface area contributed by atoms with Crippen LogP contribution in [0, 0.1) is 15.9 Å². The average Bonchev–Trinajstić information content (AvgIpc) is 2.78. The van der Waals surface area contributed by atoms with Crippen molar-refractivity contribution in [3.63, 3.8) is 0 Å². The molecule has 0 radical (unpaired) electrons. The Balaban J connectivity index is 2.07. The fraction of sp³-hybridized carbons (Fsp3) is 0.0909. The van der Waals surface area contributed by atoms with Gasteiger partial charge in [-0.25, -0.2) is 0 Å². The zero-order chi connectivity index (χ0) is 12.3. The van der Waals surface area contributed by atoms with Crippen molar-refractivity contribution >= 4 is 17.0 Å². The van der Waals surface area contributed by atoms with Crippen molar-refractivity contribution in [3.8, 4) is 5.75 Å². The molecule has 17 heavy (non-hydrogen) atoms.